The molecule has 1 saturated heterocycles. The van der Waals surface area contributed by atoms with Crippen molar-refractivity contribution in [2.75, 3.05) is 13.2 Å². The zero-order valence-electron chi connectivity index (χ0n) is 6.03. The number of nitrogens with two attached hydrogens (primary N) is 2. The fourth-order valence-electron chi connectivity index (χ4n) is 0.871. The Morgan fingerprint density at radius 2 is 2.36 bits per heavy atom. The first-order valence-corrected chi connectivity index (χ1v) is 3.29. The number of aliphatic hydroxyl groups excluding tert-OH is 1. The molecule has 0 aromatic rings. The summed E-state index contributed by atoms with van der Waals surface area (Å²) in [7, 11) is 0. The molecule has 0 aliphatic carbocycles. The highest BCUT2D eigenvalue weighted by Gasteiger charge is 2.25. The Morgan fingerprint density at radius 3 is 2.82 bits per heavy atom. The third kappa shape index (κ3) is 2.04. The van der Waals surface area contributed by atoms with Gasteiger partial charge in [0.1, 0.15) is 12.1 Å². The van der Waals surface area contributed by atoms with Gasteiger partial charge < -0.3 is 15.6 Å². The molecule has 1 heterocycles. The van der Waals surface area contributed by atoms with E-state index in [9.17, 15) is 5.11 Å². The fraction of sp³-hybridized carbons (Fsp3) is 0.800. The molecule has 0 spiro atoms. The third-order valence-electron chi connectivity index (χ3n) is 1.47. The lowest BCUT2D eigenvalue weighted by Gasteiger charge is -2.07. The molecular formula is C5H12N4O2. The van der Waals surface area contributed by atoms with Crippen LogP contribution in [0, 0.1) is 0 Å². The first-order valence-electron chi connectivity index (χ1n) is 3.29. The SMILES string of the molecule is NNC(N)=N[C@@H]1COC[C@H]1O. The van der Waals surface area contributed by atoms with E-state index in [1.165, 1.54) is 0 Å². The lowest BCUT2D eigenvalue weighted by atomic mass is 10.2. The molecule has 0 amide bonds. The normalized spacial score (nSPS) is 32.4. The summed E-state index contributed by atoms with van der Waals surface area (Å²) in [6.45, 7) is 0.704. The summed E-state index contributed by atoms with van der Waals surface area (Å²) < 4.78 is 4.93. The summed E-state index contributed by atoms with van der Waals surface area (Å²) in [5.74, 6) is 5.08. The number of ether oxygens (including phenoxy) is 1. The van der Waals surface area contributed by atoms with Crippen molar-refractivity contribution < 1.29 is 9.84 Å². The van der Waals surface area contributed by atoms with Crippen molar-refractivity contribution in [3.8, 4) is 0 Å². The number of aliphatic hydroxyl groups is 1. The van der Waals surface area contributed by atoms with Crippen LogP contribution in [0.2, 0.25) is 0 Å². The van der Waals surface area contributed by atoms with Crippen LogP contribution in [0.4, 0.5) is 0 Å². The summed E-state index contributed by atoms with van der Waals surface area (Å²) in [6, 6.07) is -0.286. The third-order valence-corrected chi connectivity index (χ3v) is 1.47. The summed E-state index contributed by atoms with van der Waals surface area (Å²) >= 11 is 0. The molecule has 6 N–H and O–H groups in total. The minimum absolute atomic E-state index is 0.111. The van der Waals surface area contributed by atoms with Crippen LogP contribution in [0.25, 0.3) is 0 Å². The average molecular weight is 160 g/mol. The van der Waals surface area contributed by atoms with Crippen LogP contribution in [0.5, 0.6) is 0 Å². The highest BCUT2D eigenvalue weighted by atomic mass is 16.5. The molecule has 1 aliphatic heterocycles. The quantitative estimate of drug-likeness (QED) is 0.147. The maximum atomic E-state index is 9.18. The zero-order chi connectivity index (χ0) is 8.27. The van der Waals surface area contributed by atoms with E-state index in [1.807, 2.05) is 0 Å². The van der Waals surface area contributed by atoms with Crippen molar-refractivity contribution in [1.82, 2.24) is 5.43 Å². The lowest BCUT2D eigenvalue weighted by molar-refractivity contribution is 0.125. The number of aliphatic imine (C=N–C) groups is 1. The van der Waals surface area contributed by atoms with Crippen molar-refractivity contribution in [2.45, 2.75) is 12.1 Å². The lowest BCUT2D eigenvalue weighted by Crippen LogP contribution is -2.39. The Morgan fingerprint density at radius 1 is 1.64 bits per heavy atom. The van der Waals surface area contributed by atoms with Gasteiger partial charge in [0, 0.05) is 0 Å². The van der Waals surface area contributed by atoms with Gasteiger partial charge in [-0.2, -0.15) is 0 Å². The van der Waals surface area contributed by atoms with Gasteiger partial charge in [0.25, 0.3) is 0 Å². The van der Waals surface area contributed by atoms with E-state index in [-0.39, 0.29) is 12.0 Å². The highest BCUT2D eigenvalue weighted by molar-refractivity contribution is 5.77. The van der Waals surface area contributed by atoms with Crippen LogP contribution in [-0.4, -0.2) is 36.4 Å². The van der Waals surface area contributed by atoms with Gasteiger partial charge in [-0.05, 0) is 0 Å². The molecule has 0 radical (unpaired) electrons. The number of hydrogen-bond donors (Lipinski definition) is 4. The van der Waals surface area contributed by atoms with Gasteiger partial charge in [0.2, 0.25) is 5.96 Å². The summed E-state index contributed by atoms with van der Waals surface area (Å²) in [4.78, 5) is 3.86. The molecule has 0 aromatic carbocycles. The van der Waals surface area contributed by atoms with Crippen LogP contribution in [0.3, 0.4) is 0 Å². The van der Waals surface area contributed by atoms with E-state index >= 15 is 0 Å². The van der Waals surface area contributed by atoms with Crippen molar-refractivity contribution in [3.05, 3.63) is 0 Å². The average Bonchev–Trinajstić information content (AvgIpc) is 2.37. The van der Waals surface area contributed by atoms with E-state index in [4.69, 9.17) is 16.3 Å². The number of hydrogen-bond acceptors (Lipinski definition) is 4. The Labute approximate surface area is 64.2 Å². The van der Waals surface area contributed by atoms with Crippen molar-refractivity contribution in [1.29, 1.82) is 0 Å². The molecule has 1 fully saturated rings. The summed E-state index contributed by atoms with van der Waals surface area (Å²) in [5.41, 5.74) is 7.44. The molecule has 0 unspecified atom stereocenters. The smallest absolute Gasteiger partial charge is 0.203 e. The predicted molar refractivity (Wildman–Crippen MR) is 39.6 cm³/mol. The highest BCUT2D eigenvalue weighted by Crippen LogP contribution is 2.08. The largest absolute Gasteiger partial charge is 0.388 e. The maximum Gasteiger partial charge on any atom is 0.203 e. The number of hydrazine groups is 1. The number of nitrogens with zero attached hydrogens (tertiary/aromatic N) is 1. The van der Waals surface area contributed by atoms with E-state index in [2.05, 4.69) is 10.4 Å². The van der Waals surface area contributed by atoms with Gasteiger partial charge in [-0.3, -0.25) is 5.43 Å². The Bertz CT molecular complexity index is 161. The van der Waals surface area contributed by atoms with Gasteiger partial charge in [-0.15, -0.1) is 0 Å². The summed E-state index contributed by atoms with van der Waals surface area (Å²) in [6.07, 6.45) is -0.568. The molecule has 0 aromatic heterocycles. The standard InChI is InChI=1S/C5H12N4O2/c6-5(9-7)8-3-1-11-2-4(3)10/h3-4,10H,1-2,7H2,(H3,6,8,9)/t3-,4-/m1/s1. The molecule has 2 atom stereocenters. The molecule has 0 bridgehead atoms. The van der Waals surface area contributed by atoms with Gasteiger partial charge in [0.05, 0.1) is 13.2 Å². The van der Waals surface area contributed by atoms with Gasteiger partial charge in [-0.25, -0.2) is 10.8 Å². The number of rotatable bonds is 1. The van der Waals surface area contributed by atoms with Gasteiger partial charge in [-0.1, -0.05) is 0 Å². The topological polar surface area (TPSA) is 106 Å². The molecule has 64 valence electrons. The predicted octanol–water partition coefficient (Wildman–Crippen LogP) is -2.48. The number of nitrogens with one attached hydrogen (secondary N) is 1. The van der Waals surface area contributed by atoms with Crippen LogP contribution in [-0.2, 0) is 4.74 Å². The van der Waals surface area contributed by atoms with Crippen LogP contribution in [0.1, 0.15) is 0 Å². The Hall–Kier alpha value is -0.850. The van der Waals surface area contributed by atoms with E-state index in [0.717, 1.165) is 0 Å². The second-order valence-corrected chi connectivity index (χ2v) is 2.33. The Balaban J connectivity index is 2.47. The van der Waals surface area contributed by atoms with E-state index < -0.39 is 6.10 Å². The first-order chi connectivity index (χ1) is 5.24. The molecular weight excluding hydrogens is 148 g/mol. The van der Waals surface area contributed by atoms with Crippen molar-refractivity contribution in [3.63, 3.8) is 0 Å². The second kappa shape index (κ2) is 3.51. The first kappa shape index (κ1) is 8.25. The molecule has 11 heavy (non-hydrogen) atoms. The van der Waals surface area contributed by atoms with Crippen LogP contribution >= 0.6 is 0 Å². The molecule has 0 saturated carbocycles. The van der Waals surface area contributed by atoms with Crippen LogP contribution in [0.15, 0.2) is 4.99 Å². The van der Waals surface area contributed by atoms with Crippen LogP contribution < -0.4 is 17.0 Å². The molecule has 6 nitrogen and oxygen atoms in total. The zero-order valence-corrected chi connectivity index (χ0v) is 6.03. The minimum atomic E-state index is -0.568. The Kier molecular flexibility index (Phi) is 2.64. The van der Waals surface area contributed by atoms with E-state index in [0.29, 0.717) is 13.2 Å². The monoisotopic (exact) mass is 160 g/mol. The fourth-order valence-corrected chi connectivity index (χ4v) is 0.871. The van der Waals surface area contributed by atoms with Crippen molar-refractivity contribution >= 4 is 5.96 Å². The molecule has 1 rings (SSSR count). The number of guanidine groups is 1. The van der Waals surface area contributed by atoms with Gasteiger partial charge in [0.15, 0.2) is 0 Å². The minimum Gasteiger partial charge on any atom is -0.388 e. The van der Waals surface area contributed by atoms with Crippen molar-refractivity contribution in [2.24, 2.45) is 16.6 Å². The maximum absolute atomic E-state index is 9.18. The van der Waals surface area contributed by atoms with E-state index in [1.54, 1.807) is 0 Å². The molecule has 1 aliphatic rings. The molecule has 6 heteroatoms. The van der Waals surface area contributed by atoms with Gasteiger partial charge >= 0.3 is 0 Å². The second-order valence-electron chi connectivity index (χ2n) is 2.33. The summed E-state index contributed by atoms with van der Waals surface area (Å²) in [5, 5.41) is 9.18.